The van der Waals surface area contributed by atoms with Crippen LogP contribution in [0.1, 0.15) is 11.1 Å². The summed E-state index contributed by atoms with van der Waals surface area (Å²) >= 11 is 0. The van der Waals surface area contributed by atoms with Crippen molar-refractivity contribution in [3.8, 4) is 11.5 Å². The molecule has 29 heavy (non-hydrogen) atoms. The molecule has 8 nitrogen and oxygen atoms in total. The van der Waals surface area contributed by atoms with E-state index < -0.39 is 21.4 Å². The van der Waals surface area contributed by atoms with Crippen molar-refractivity contribution >= 4 is 16.1 Å². The molecule has 1 aliphatic rings. The zero-order valence-electron chi connectivity index (χ0n) is 16.3. The summed E-state index contributed by atoms with van der Waals surface area (Å²) in [5, 5.41) is 8.28. The lowest BCUT2D eigenvalue weighted by Gasteiger charge is -2.39. The molecule has 1 aliphatic heterocycles. The van der Waals surface area contributed by atoms with Gasteiger partial charge < -0.3 is 19.5 Å². The molecule has 1 heterocycles. The molecule has 0 bridgehead atoms. The minimum absolute atomic E-state index is 0.0145. The van der Waals surface area contributed by atoms with Gasteiger partial charge in [-0.3, -0.25) is 0 Å². The lowest BCUT2D eigenvalue weighted by molar-refractivity contribution is 0.118. The summed E-state index contributed by atoms with van der Waals surface area (Å²) in [6, 6.07) is 14.4. The number of rotatable bonds is 8. The number of ether oxygens (including phenoxy) is 2. The van der Waals surface area contributed by atoms with Crippen molar-refractivity contribution in [1.29, 1.82) is 0 Å². The molecule has 0 saturated carbocycles. The maximum Gasteiger partial charge on any atom is 0.407 e. The highest BCUT2D eigenvalue weighted by molar-refractivity contribution is 7.89. The van der Waals surface area contributed by atoms with E-state index in [0.29, 0.717) is 11.5 Å². The molecule has 156 valence electrons. The largest absolute Gasteiger partial charge is 0.497 e. The van der Waals surface area contributed by atoms with Crippen molar-refractivity contribution in [3.05, 3.63) is 59.7 Å². The van der Waals surface area contributed by atoms with E-state index in [9.17, 15) is 13.2 Å². The second-order valence-corrected chi connectivity index (χ2v) is 9.03. The molecule has 0 atom stereocenters. The third-order valence-electron chi connectivity index (χ3n) is 4.94. The fraction of sp³-hybridized carbons (Fsp3) is 0.350. The summed E-state index contributed by atoms with van der Waals surface area (Å²) in [6.45, 7) is 0.336. The molecule has 0 spiro atoms. The average Bonchev–Trinajstić information content (AvgIpc) is 2.67. The van der Waals surface area contributed by atoms with E-state index in [2.05, 4.69) is 0 Å². The second kappa shape index (κ2) is 8.71. The molecule has 3 rings (SSSR count). The van der Waals surface area contributed by atoms with E-state index in [1.807, 2.05) is 24.3 Å². The Bertz CT molecular complexity index is 888. The molecule has 2 aromatic carbocycles. The van der Waals surface area contributed by atoms with Crippen molar-refractivity contribution in [3.63, 3.8) is 0 Å². The monoisotopic (exact) mass is 420 g/mol. The Kier molecular flexibility index (Phi) is 6.29. The zero-order valence-corrected chi connectivity index (χ0v) is 17.1. The third-order valence-corrected chi connectivity index (χ3v) is 7.05. The van der Waals surface area contributed by atoms with Crippen LogP contribution in [0.2, 0.25) is 0 Å². The molecule has 1 saturated heterocycles. The molecule has 0 unspecified atom stereocenters. The van der Waals surface area contributed by atoms with Gasteiger partial charge in [0.05, 0.1) is 14.2 Å². The van der Waals surface area contributed by atoms with Crippen LogP contribution in [0.15, 0.2) is 48.5 Å². The molecular weight excluding hydrogens is 396 g/mol. The fourth-order valence-electron chi connectivity index (χ4n) is 3.10. The Morgan fingerprint density at radius 3 is 1.72 bits per heavy atom. The molecule has 1 amide bonds. The van der Waals surface area contributed by atoms with Crippen LogP contribution < -0.4 is 9.47 Å². The van der Waals surface area contributed by atoms with Crippen LogP contribution in [0.5, 0.6) is 11.5 Å². The summed E-state index contributed by atoms with van der Waals surface area (Å²) in [4.78, 5) is 12.1. The standard InChI is InChI=1S/C20H24N2O6S/c1-27-17-7-3-15(4-8-17)11-22(12-16-5-9-18(28-2)10-6-16)29(25,26)19-13-21(14-19)20(23)24/h3-10,19H,11-14H2,1-2H3,(H,23,24). The van der Waals surface area contributed by atoms with Crippen LogP contribution in [-0.2, 0) is 23.1 Å². The van der Waals surface area contributed by atoms with Crippen LogP contribution in [0.25, 0.3) is 0 Å². The van der Waals surface area contributed by atoms with Crippen molar-refractivity contribution in [2.45, 2.75) is 18.3 Å². The van der Waals surface area contributed by atoms with Crippen molar-refractivity contribution in [1.82, 2.24) is 9.21 Å². The number of amides is 1. The number of nitrogens with zero attached hydrogens (tertiary/aromatic N) is 2. The van der Waals surface area contributed by atoms with Crippen molar-refractivity contribution in [2.75, 3.05) is 27.3 Å². The highest BCUT2D eigenvalue weighted by Gasteiger charge is 2.42. The predicted octanol–water partition coefficient (Wildman–Crippen LogP) is 2.40. The highest BCUT2D eigenvalue weighted by Crippen LogP contribution is 2.25. The summed E-state index contributed by atoms with van der Waals surface area (Å²) in [6.07, 6.45) is -1.10. The van der Waals surface area contributed by atoms with Gasteiger partial charge in [-0.1, -0.05) is 24.3 Å². The van der Waals surface area contributed by atoms with Gasteiger partial charge >= 0.3 is 6.09 Å². The first-order chi connectivity index (χ1) is 13.8. The van der Waals surface area contributed by atoms with Gasteiger partial charge in [0.1, 0.15) is 16.7 Å². The van der Waals surface area contributed by atoms with E-state index >= 15 is 0 Å². The van der Waals surface area contributed by atoms with Crippen LogP contribution in [0.4, 0.5) is 4.79 Å². The number of carbonyl (C=O) groups is 1. The molecule has 1 fully saturated rings. The van der Waals surface area contributed by atoms with Gasteiger partial charge in [-0.15, -0.1) is 0 Å². The average molecular weight is 420 g/mol. The number of likely N-dealkylation sites (tertiary alicyclic amines) is 1. The Hall–Kier alpha value is -2.78. The smallest absolute Gasteiger partial charge is 0.407 e. The van der Waals surface area contributed by atoms with E-state index in [-0.39, 0.29) is 26.2 Å². The Morgan fingerprint density at radius 1 is 0.966 bits per heavy atom. The lowest BCUT2D eigenvalue weighted by atomic mass is 10.2. The number of hydrogen-bond donors (Lipinski definition) is 1. The first kappa shape index (κ1) is 20.9. The number of hydrogen-bond acceptors (Lipinski definition) is 5. The van der Waals surface area contributed by atoms with Gasteiger partial charge in [0.25, 0.3) is 0 Å². The topological polar surface area (TPSA) is 96.4 Å². The van der Waals surface area contributed by atoms with E-state index in [1.54, 1.807) is 38.5 Å². The van der Waals surface area contributed by atoms with Crippen molar-refractivity contribution in [2.24, 2.45) is 0 Å². The molecule has 1 N–H and O–H groups in total. The molecule has 0 aromatic heterocycles. The molecular formula is C20H24N2O6S. The Morgan fingerprint density at radius 2 is 1.38 bits per heavy atom. The van der Waals surface area contributed by atoms with Crippen molar-refractivity contribution < 1.29 is 27.8 Å². The second-order valence-electron chi connectivity index (χ2n) is 6.82. The number of benzene rings is 2. The first-order valence-corrected chi connectivity index (χ1v) is 10.6. The minimum atomic E-state index is -3.69. The van der Waals surface area contributed by atoms with Gasteiger partial charge in [-0.2, -0.15) is 4.31 Å². The highest BCUT2D eigenvalue weighted by atomic mass is 32.2. The maximum atomic E-state index is 13.2. The summed E-state index contributed by atoms with van der Waals surface area (Å²) in [5.74, 6) is 1.38. The Balaban J connectivity index is 1.82. The number of sulfonamides is 1. The summed E-state index contributed by atoms with van der Waals surface area (Å²) in [7, 11) is -0.553. The first-order valence-electron chi connectivity index (χ1n) is 9.06. The predicted molar refractivity (Wildman–Crippen MR) is 108 cm³/mol. The van der Waals surface area contributed by atoms with Gasteiger partial charge in [-0.25, -0.2) is 13.2 Å². The maximum absolute atomic E-state index is 13.2. The molecule has 0 aliphatic carbocycles. The zero-order chi connectivity index (χ0) is 21.0. The minimum Gasteiger partial charge on any atom is -0.497 e. The van der Waals surface area contributed by atoms with E-state index in [1.165, 1.54) is 4.31 Å². The van der Waals surface area contributed by atoms with Gasteiger partial charge in [0.15, 0.2) is 0 Å². The fourth-order valence-corrected chi connectivity index (χ4v) is 4.91. The number of carboxylic acid groups (broad SMARTS) is 1. The SMILES string of the molecule is COc1ccc(CN(Cc2ccc(OC)cc2)S(=O)(=O)C2CN(C(=O)O)C2)cc1. The van der Waals surface area contributed by atoms with Crippen LogP contribution >= 0.6 is 0 Å². The van der Waals surface area contributed by atoms with Crippen LogP contribution in [-0.4, -0.2) is 61.4 Å². The lowest BCUT2D eigenvalue weighted by Crippen LogP contribution is -2.59. The molecule has 0 radical (unpaired) electrons. The molecule has 2 aromatic rings. The van der Waals surface area contributed by atoms with Gasteiger partial charge in [0.2, 0.25) is 10.0 Å². The van der Waals surface area contributed by atoms with E-state index in [0.717, 1.165) is 16.0 Å². The van der Waals surface area contributed by atoms with Gasteiger partial charge in [0, 0.05) is 26.2 Å². The van der Waals surface area contributed by atoms with E-state index in [4.69, 9.17) is 14.6 Å². The summed E-state index contributed by atoms with van der Waals surface area (Å²) < 4.78 is 38.1. The normalized spacial score (nSPS) is 14.5. The van der Waals surface area contributed by atoms with Crippen LogP contribution in [0.3, 0.4) is 0 Å². The third kappa shape index (κ3) is 4.80. The van der Waals surface area contributed by atoms with Gasteiger partial charge in [-0.05, 0) is 35.4 Å². The van der Waals surface area contributed by atoms with Crippen LogP contribution in [0, 0.1) is 0 Å². The molecule has 9 heteroatoms. The number of methoxy groups -OCH3 is 2. The Labute approximate surface area is 170 Å². The summed E-state index contributed by atoms with van der Waals surface area (Å²) in [5.41, 5.74) is 1.63. The quantitative estimate of drug-likeness (QED) is 0.705.